The summed E-state index contributed by atoms with van der Waals surface area (Å²) < 4.78 is 10.8. The maximum absolute atomic E-state index is 10.8. The molecule has 0 unspecified atom stereocenters. The van der Waals surface area contributed by atoms with Crippen LogP contribution < -0.4 is 5.30 Å². The van der Waals surface area contributed by atoms with Crippen LogP contribution in [0.4, 0.5) is 0 Å². The fraction of sp³-hybridized carbons (Fsp3) is 0.111. The Kier molecular flexibility index (Phi) is 3.04. The molecular weight excluding hydrogens is 187 g/mol. The Morgan fingerprint density at radius 3 is 2.15 bits per heavy atom. The number of hydrogen-bond donors (Lipinski definition) is 2. The Bertz CT molecular complexity index is 348. The smallest absolute Gasteiger partial charge is 0.321 e. The van der Waals surface area contributed by atoms with Crippen molar-refractivity contribution in [3.8, 4) is 0 Å². The Morgan fingerprint density at radius 2 is 1.77 bits per heavy atom. The van der Waals surface area contributed by atoms with Crippen molar-refractivity contribution in [2.24, 2.45) is 0 Å². The van der Waals surface area contributed by atoms with E-state index >= 15 is 0 Å². The molecular formula is C9H11O3P. The summed E-state index contributed by atoms with van der Waals surface area (Å²) in [7, 11) is -4.08. The minimum Gasteiger partial charge on any atom is -0.321 e. The third-order valence-electron chi connectivity index (χ3n) is 1.59. The van der Waals surface area contributed by atoms with Crippen molar-refractivity contribution in [2.45, 2.75) is 6.92 Å². The predicted molar refractivity (Wildman–Crippen MR) is 52.8 cm³/mol. The van der Waals surface area contributed by atoms with Crippen LogP contribution in [0.3, 0.4) is 0 Å². The van der Waals surface area contributed by atoms with Gasteiger partial charge in [0, 0.05) is 0 Å². The first-order valence-corrected chi connectivity index (χ1v) is 5.44. The molecule has 4 heteroatoms. The maximum Gasteiger partial charge on any atom is 0.356 e. The van der Waals surface area contributed by atoms with Gasteiger partial charge in [0.05, 0.1) is 5.30 Å². The highest BCUT2D eigenvalue weighted by atomic mass is 31.2. The van der Waals surface area contributed by atoms with Crippen LogP contribution in [-0.4, -0.2) is 9.79 Å². The molecule has 0 aliphatic carbocycles. The molecule has 13 heavy (non-hydrogen) atoms. The van der Waals surface area contributed by atoms with Crippen LogP contribution in [0.5, 0.6) is 0 Å². The molecule has 0 fully saturated rings. The second-order valence-corrected chi connectivity index (χ2v) is 4.24. The lowest BCUT2D eigenvalue weighted by Crippen LogP contribution is -2.02. The highest BCUT2D eigenvalue weighted by molar-refractivity contribution is 7.60. The number of allylic oxidation sites excluding steroid dienone is 1. The van der Waals surface area contributed by atoms with Gasteiger partial charge in [0.15, 0.2) is 0 Å². The summed E-state index contributed by atoms with van der Waals surface area (Å²) in [5.41, 5.74) is 0.930. The Morgan fingerprint density at radius 1 is 1.23 bits per heavy atom. The highest BCUT2D eigenvalue weighted by Gasteiger charge is 2.15. The lowest BCUT2D eigenvalue weighted by Gasteiger charge is -2.02. The molecule has 1 aromatic rings. The Balaban J connectivity index is 3.01. The van der Waals surface area contributed by atoms with Crippen molar-refractivity contribution in [2.75, 3.05) is 0 Å². The van der Waals surface area contributed by atoms with Gasteiger partial charge in [0.25, 0.3) is 0 Å². The summed E-state index contributed by atoms with van der Waals surface area (Å²) in [4.78, 5) is 17.6. The second kappa shape index (κ2) is 3.88. The van der Waals surface area contributed by atoms with E-state index in [9.17, 15) is 4.57 Å². The average molecular weight is 198 g/mol. The first-order chi connectivity index (χ1) is 6.04. The summed E-state index contributed by atoms with van der Waals surface area (Å²) in [5, 5.41) is 0.0563. The van der Waals surface area contributed by atoms with Crippen LogP contribution in [0.1, 0.15) is 12.5 Å². The quantitative estimate of drug-likeness (QED) is 0.708. The second-order valence-electron chi connectivity index (χ2n) is 2.64. The van der Waals surface area contributed by atoms with Gasteiger partial charge < -0.3 is 9.79 Å². The third kappa shape index (κ3) is 2.81. The lowest BCUT2D eigenvalue weighted by molar-refractivity contribution is 0.387. The van der Waals surface area contributed by atoms with E-state index in [-0.39, 0.29) is 5.30 Å². The molecule has 1 rings (SSSR count). The van der Waals surface area contributed by atoms with E-state index in [0.717, 1.165) is 5.56 Å². The minimum absolute atomic E-state index is 0.0563. The van der Waals surface area contributed by atoms with Crippen molar-refractivity contribution in [1.29, 1.82) is 0 Å². The van der Waals surface area contributed by atoms with Crippen LogP contribution in [-0.2, 0) is 4.57 Å². The van der Waals surface area contributed by atoms with Crippen LogP contribution in [0.25, 0.3) is 6.08 Å². The fourth-order valence-electron chi connectivity index (χ4n) is 0.972. The topological polar surface area (TPSA) is 57.5 Å². The highest BCUT2D eigenvalue weighted by Crippen LogP contribution is 2.32. The molecule has 0 aliphatic rings. The molecule has 0 amide bonds. The summed E-state index contributed by atoms with van der Waals surface area (Å²) in [6.45, 7) is 1.89. The van der Waals surface area contributed by atoms with Gasteiger partial charge in [-0.3, -0.25) is 4.57 Å². The summed E-state index contributed by atoms with van der Waals surface area (Å²) in [6.07, 6.45) is 3.73. The van der Waals surface area contributed by atoms with Crippen LogP contribution in [0.15, 0.2) is 30.3 Å². The van der Waals surface area contributed by atoms with E-state index in [1.165, 1.54) is 12.1 Å². The molecule has 0 aromatic heterocycles. The summed E-state index contributed by atoms with van der Waals surface area (Å²) in [6, 6.07) is 6.23. The molecule has 0 saturated heterocycles. The van der Waals surface area contributed by atoms with E-state index < -0.39 is 7.60 Å². The van der Waals surface area contributed by atoms with Crippen LogP contribution in [0, 0.1) is 0 Å². The molecule has 0 heterocycles. The van der Waals surface area contributed by atoms with Crippen molar-refractivity contribution in [3.63, 3.8) is 0 Å². The van der Waals surface area contributed by atoms with Crippen LogP contribution >= 0.6 is 7.60 Å². The van der Waals surface area contributed by atoms with Gasteiger partial charge in [-0.2, -0.15) is 0 Å². The molecule has 0 bridgehead atoms. The van der Waals surface area contributed by atoms with E-state index in [0.29, 0.717) is 0 Å². The van der Waals surface area contributed by atoms with Gasteiger partial charge in [0.2, 0.25) is 0 Å². The standard InChI is InChI=1S/C9H11O3P/c1-2-3-8-4-6-9(7-5-8)13(10,11)12/h2-7H,1H3,(H2,10,11,12)/b3-2+. The van der Waals surface area contributed by atoms with Crippen molar-refractivity contribution < 1.29 is 14.4 Å². The molecule has 0 atom stereocenters. The normalized spacial score (nSPS) is 12.2. The van der Waals surface area contributed by atoms with Crippen LogP contribution in [0.2, 0.25) is 0 Å². The zero-order valence-corrected chi connectivity index (χ0v) is 8.11. The Labute approximate surface area is 76.9 Å². The van der Waals surface area contributed by atoms with Crippen molar-refractivity contribution in [1.82, 2.24) is 0 Å². The van der Waals surface area contributed by atoms with E-state index in [1.807, 2.05) is 19.1 Å². The predicted octanol–water partition coefficient (Wildman–Crippen LogP) is 1.52. The summed E-state index contributed by atoms with van der Waals surface area (Å²) >= 11 is 0. The van der Waals surface area contributed by atoms with E-state index in [1.54, 1.807) is 12.1 Å². The molecule has 70 valence electrons. The van der Waals surface area contributed by atoms with Gasteiger partial charge >= 0.3 is 7.60 Å². The zero-order valence-electron chi connectivity index (χ0n) is 7.21. The van der Waals surface area contributed by atoms with Gasteiger partial charge in [-0.1, -0.05) is 24.3 Å². The average Bonchev–Trinajstić information content (AvgIpc) is 2.04. The number of rotatable bonds is 2. The van der Waals surface area contributed by atoms with E-state index in [4.69, 9.17) is 9.79 Å². The van der Waals surface area contributed by atoms with Crippen molar-refractivity contribution in [3.05, 3.63) is 35.9 Å². The monoisotopic (exact) mass is 198 g/mol. The van der Waals surface area contributed by atoms with Gasteiger partial charge in [-0.05, 0) is 24.6 Å². The minimum atomic E-state index is -4.08. The molecule has 0 saturated carbocycles. The first kappa shape index (κ1) is 10.2. The summed E-state index contributed by atoms with van der Waals surface area (Å²) in [5.74, 6) is 0. The molecule has 0 spiro atoms. The maximum atomic E-state index is 10.8. The first-order valence-electron chi connectivity index (χ1n) is 3.83. The molecule has 2 N–H and O–H groups in total. The van der Waals surface area contributed by atoms with Gasteiger partial charge in [-0.15, -0.1) is 0 Å². The zero-order chi connectivity index (χ0) is 9.90. The van der Waals surface area contributed by atoms with E-state index in [2.05, 4.69) is 0 Å². The van der Waals surface area contributed by atoms with Gasteiger partial charge in [0.1, 0.15) is 0 Å². The van der Waals surface area contributed by atoms with Gasteiger partial charge in [-0.25, -0.2) is 0 Å². The largest absolute Gasteiger partial charge is 0.356 e. The SMILES string of the molecule is C/C=C/c1ccc(P(=O)(O)O)cc1. The lowest BCUT2D eigenvalue weighted by atomic mass is 10.2. The number of benzene rings is 1. The molecule has 0 radical (unpaired) electrons. The fourth-order valence-corrected chi connectivity index (χ4v) is 1.51. The molecule has 3 nitrogen and oxygen atoms in total. The third-order valence-corrected chi connectivity index (χ3v) is 2.56. The molecule has 1 aromatic carbocycles. The Hall–Kier alpha value is -0.890. The number of hydrogen-bond acceptors (Lipinski definition) is 1. The van der Waals surface area contributed by atoms with Crippen molar-refractivity contribution >= 4 is 19.0 Å². The molecule has 0 aliphatic heterocycles.